The van der Waals surface area contributed by atoms with Crippen LogP contribution in [-0.2, 0) is 19.7 Å². The summed E-state index contributed by atoms with van der Waals surface area (Å²) in [5, 5.41) is 9.63. The van der Waals surface area contributed by atoms with Crippen molar-refractivity contribution >= 4 is 17.7 Å². The Morgan fingerprint density at radius 3 is 2.61 bits per heavy atom. The highest BCUT2D eigenvalue weighted by Gasteiger charge is 2.71. The van der Waals surface area contributed by atoms with Gasteiger partial charge in [0.1, 0.15) is 0 Å². The van der Waals surface area contributed by atoms with Crippen molar-refractivity contribution in [1.29, 1.82) is 5.26 Å². The van der Waals surface area contributed by atoms with Crippen LogP contribution in [0.1, 0.15) is 26.3 Å². The third-order valence-electron chi connectivity index (χ3n) is 4.89. The summed E-state index contributed by atoms with van der Waals surface area (Å²) in [6.45, 7) is 5.84. The van der Waals surface area contributed by atoms with E-state index < -0.39 is 35.0 Å². The number of amides is 1. The molecule has 3 rings (SSSR count). The molecule has 120 valence electrons. The zero-order valence-corrected chi connectivity index (χ0v) is 13.5. The average molecular weight is 314 g/mol. The van der Waals surface area contributed by atoms with E-state index in [0.29, 0.717) is 5.69 Å². The summed E-state index contributed by atoms with van der Waals surface area (Å²) in [4.78, 5) is 26.0. The fourth-order valence-corrected chi connectivity index (χ4v) is 3.96. The first-order chi connectivity index (χ1) is 10.8. The van der Waals surface area contributed by atoms with Crippen LogP contribution in [0.25, 0.3) is 0 Å². The van der Waals surface area contributed by atoms with Crippen molar-refractivity contribution in [2.75, 3.05) is 12.0 Å². The molecular formula is C17H18N2O4. The van der Waals surface area contributed by atoms with Gasteiger partial charge in [-0.2, -0.15) is 5.26 Å². The van der Waals surface area contributed by atoms with Gasteiger partial charge in [0.15, 0.2) is 12.1 Å². The zero-order chi connectivity index (χ0) is 17.0. The number of para-hydroxylation sites is 1. The number of benzene rings is 1. The number of ether oxygens (including phenoxy) is 2. The van der Waals surface area contributed by atoms with Crippen LogP contribution >= 0.6 is 0 Å². The van der Waals surface area contributed by atoms with Crippen LogP contribution in [0.3, 0.4) is 0 Å². The highest BCUT2D eigenvalue weighted by atomic mass is 16.6. The lowest BCUT2D eigenvalue weighted by Gasteiger charge is -2.42. The maximum absolute atomic E-state index is 12.3. The van der Waals surface area contributed by atoms with Gasteiger partial charge in [-0.15, -0.1) is 0 Å². The lowest BCUT2D eigenvalue weighted by atomic mass is 9.57. The predicted molar refractivity (Wildman–Crippen MR) is 81.4 cm³/mol. The Kier molecular flexibility index (Phi) is 3.15. The number of esters is 1. The number of nitrogens with zero attached hydrogens (tertiary/aromatic N) is 2. The van der Waals surface area contributed by atoms with Gasteiger partial charge in [-0.25, -0.2) is 9.69 Å². The van der Waals surface area contributed by atoms with Gasteiger partial charge in [-0.3, -0.25) is 4.79 Å². The van der Waals surface area contributed by atoms with E-state index in [-0.39, 0.29) is 0 Å². The number of anilines is 1. The molecule has 1 saturated heterocycles. The molecule has 1 aromatic rings. The molecular weight excluding hydrogens is 296 g/mol. The first kappa shape index (κ1) is 15.3. The highest BCUT2D eigenvalue weighted by Crippen LogP contribution is 2.61. The summed E-state index contributed by atoms with van der Waals surface area (Å²) in [6, 6.07) is 9.36. The molecule has 1 aromatic carbocycles. The summed E-state index contributed by atoms with van der Waals surface area (Å²) >= 11 is 0. The lowest BCUT2D eigenvalue weighted by Crippen LogP contribution is -2.54. The van der Waals surface area contributed by atoms with Crippen molar-refractivity contribution in [2.45, 2.75) is 32.4 Å². The molecule has 6 heteroatoms. The van der Waals surface area contributed by atoms with Gasteiger partial charge in [-0.1, -0.05) is 39.0 Å². The summed E-state index contributed by atoms with van der Waals surface area (Å²) in [6.07, 6.45) is -1.50. The van der Waals surface area contributed by atoms with E-state index in [0.717, 1.165) is 5.56 Å². The van der Waals surface area contributed by atoms with Crippen LogP contribution in [-0.4, -0.2) is 25.4 Å². The van der Waals surface area contributed by atoms with E-state index in [1.807, 2.05) is 32.9 Å². The molecule has 0 spiro atoms. The number of hydrogen-bond donors (Lipinski definition) is 0. The van der Waals surface area contributed by atoms with Crippen LogP contribution in [0, 0.1) is 22.7 Å². The van der Waals surface area contributed by atoms with Crippen molar-refractivity contribution in [1.82, 2.24) is 0 Å². The Bertz CT molecular complexity index is 731. The molecule has 2 heterocycles. The number of methoxy groups -OCH3 is 1. The number of nitriles is 1. The van der Waals surface area contributed by atoms with Crippen LogP contribution in [0.15, 0.2) is 24.3 Å². The van der Waals surface area contributed by atoms with E-state index in [1.54, 1.807) is 12.1 Å². The van der Waals surface area contributed by atoms with E-state index >= 15 is 0 Å². The fourth-order valence-electron chi connectivity index (χ4n) is 3.96. The van der Waals surface area contributed by atoms with Gasteiger partial charge < -0.3 is 9.47 Å². The SMILES string of the molecule is COC(=O)N1c2ccccc2[C@]2(C(C)(C)C)C(C#N)C(=O)O[C@H]12. The molecule has 23 heavy (non-hydrogen) atoms. The van der Waals surface area contributed by atoms with Crippen molar-refractivity contribution < 1.29 is 19.1 Å². The minimum atomic E-state index is -0.983. The molecule has 1 fully saturated rings. The number of hydrogen-bond acceptors (Lipinski definition) is 5. The van der Waals surface area contributed by atoms with E-state index in [2.05, 4.69) is 6.07 Å². The quantitative estimate of drug-likeness (QED) is 0.688. The third kappa shape index (κ3) is 1.68. The largest absolute Gasteiger partial charge is 0.452 e. The number of fused-ring (bicyclic) bond motifs is 3. The normalized spacial score (nSPS) is 28.7. The molecule has 0 N–H and O–H groups in total. The topological polar surface area (TPSA) is 79.6 Å². The molecule has 0 bridgehead atoms. The number of rotatable bonds is 0. The average Bonchev–Trinajstić information content (AvgIpc) is 2.95. The van der Waals surface area contributed by atoms with Gasteiger partial charge in [0, 0.05) is 0 Å². The zero-order valence-electron chi connectivity index (χ0n) is 13.5. The fraction of sp³-hybridized carbons (Fsp3) is 0.471. The minimum Gasteiger partial charge on any atom is -0.452 e. The molecule has 1 unspecified atom stereocenters. The molecule has 0 aliphatic carbocycles. The number of carbonyl (C=O) groups excluding carboxylic acids is 2. The van der Waals surface area contributed by atoms with E-state index in [4.69, 9.17) is 9.47 Å². The smallest absolute Gasteiger partial charge is 0.417 e. The van der Waals surface area contributed by atoms with Crippen LogP contribution < -0.4 is 4.90 Å². The summed E-state index contributed by atoms with van der Waals surface area (Å²) in [7, 11) is 1.28. The summed E-state index contributed by atoms with van der Waals surface area (Å²) in [5.41, 5.74) is -0.0560. The van der Waals surface area contributed by atoms with Crippen molar-refractivity contribution in [2.24, 2.45) is 11.3 Å². The molecule has 0 aromatic heterocycles. The highest BCUT2D eigenvalue weighted by molar-refractivity contribution is 5.96. The second-order valence-corrected chi connectivity index (χ2v) is 6.83. The molecule has 3 atom stereocenters. The number of carbonyl (C=O) groups is 2. The standard InChI is InChI=1S/C17H18N2O4/c1-16(2,3)17-10-7-5-6-8-12(10)19(15(21)22-4)14(17)23-13(20)11(17)9-18/h5-8,11,14H,1-4H3/t11?,14-,17-/m0/s1. The molecule has 2 aliphatic heterocycles. The summed E-state index contributed by atoms with van der Waals surface area (Å²) in [5.74, 6) is -1.58. The maximum atomic E-state index is 12.3. The second kappa shape index (κ2) is 4.72. The first-order valence-corrected chi connectivity index (χ1v) is 7.37. The molecule has 0 radical (unpaired) electrons. The van der Waals surface area contributed by atoms with E-state index in [9.17, 15) is 14.9 Å². The minimum absolute atomic E-state index is 0.497. The lowest BCUT2D eigenvalue weighted by molar-refractivity contribution is -0.142. The Hall–Kier alpha value is -2.55. The molecule has 6 nitrogen and oxygen atoms in total. The third-order valence-corrected chi connectivity index (χ3v) is 4.89. The van der Waals surface area contributed by atoms with Gasteiger partial charge in [0.2, 0.25) is 0 Å². The van der Waals surface area contributed by atoms with Crippen molar-refractivity contribution in [3.05, 3.63) is 29.8 Å². The van der Waals surface area contributed by atoms with Gasteiger partial charge in [0.25, 0.3) is 0 Å². The van der Waals surface area contributed by atoms with Crippen LogP contribution in [0.4, 0.5) is 10.5 Å². The first-order valence-electron chi connectivity index (χ1n) is 7.37. The Labute approximate surface area is 134 Å². The van der Waals surface area contributed by atoms with Gasteiger partial charge in [0.05, 0.1) is 24.3 Å². The monoisotopic (exact) mass is 314 g/mol. The van der Waals surface area contributed by atoms with Crippen LogP contribution in [0.5, 0.6) is 0 Å². The Morgan fingerprint density at radius 2 is 2.04 bits per heavy atom. The van der Waals surface area contributed by atoms with Crippen LogP contribution in [0.2, 0.25) is 0 Å². The van der Waals surface area contributed by atoms with E-state index in [1.165, 1.54) is 12.0 Å². The molecule has 1 amide bonds. The molecule has 0 saturated carbocycles. The summed E-state index contributed by atoms with van der Waals surface area (Å²) < 4.78 is 10.4. The van der Waals surface area contributed by atoms with Gasteiger partial charge >= 0.3 is 12.1 Å². The Balaban J connectivity index is 2.36. The Morgan fingerprint density at radius 1 is 1.39 bits per heavy atom. The van der Waals surface area contributed by atoms with Crippen molar-refractivity contribution in [3.8, 4) is 6.07 Å². The van der Waals surface area contributed by atoms with Gasteiger partial charge in [-0.05, 0) is 17.0 Å². The maximum Gasteiger partial charge on any atom is 0.417 e. The molecule has 2 aliphatic rings. The predicted octanol–water partition coefficient (Wildman–Crippen LogP) is 2.58. The second-order valence-electron chi connectivity index (χ2n) is 6.83. The van der Waals surface area contributed by atoms with Crippen molar-refractivity contribution in [3.63, 3.8) is 0 Å².